The topological polar surface area (TPSA) is 53.7 Å². The molecule has 1 aromatic carbocycles. The minimum Gasteiger partial charge on any atom is -0.496 e. The van der Waals surface area contributed by atoms with E-state index in [0.717, 1.165) is 11.3 Å². The van der Waals surface area contributed by atoms with Crippen LogP contribution in [-0.2, 0) is 0 Å². The molecule has 0 bridgehead atoms. The van der Waals surface area contributed by atoms with Crippen LogP contribution in [0.1, 0.15) is 5.56 Å². The number of ether oxygens (including phenoxy) is 3. The Hall–Kier alpha value is -1.42. The fourth-order valence-electron chi connectivity index (χ4n) is 1.30. The number of nitrogens with two attached hydrogens (primary N) is 1. The number of rotatable bonds is 5. The predicted octanol–water partition coefficient (Wildman–Crippen LogP) is 1.35. The number of hydrogen-bond donors (Lipinski definition) is 1. The van der Waals surface area contributed by atoms with Crippen molar-refractivity contribution in [1.29, 1.82) is 0 Å². The van der Waals surface area contributed by atoms with Gasteiger partial charge in [0.2, 0.25) is 0 Å². The lowest BCUT2D eigenvalue weighted by Gasteiger charge is -2.13. The lowest BCUT2D eigenvalue weighted by molar-refractivity contribution is 0.299. The first-order valence-corrected chi connectivity index (χ1v) is 4.78. The largest absolute Gasteiger partial charge is 0.496 e. The van der Waals surface area contributed by atoms with Crippen molar-refractivity contribution in [2.24, 2.45) is 5.73 Å². The van der Waals surface area contributed by atoms with E-state index < -0.39 is 0 Å². The third kappa shape index (κ3) is 2.76. The quantitative estimate of drug-likeness (QED) is 0.798. The average Bonchev–Trinajstić information content (AvgIpc) is 2.26. The van der Waals surface area contributed by atoms with Crippen LogP contribution in [0, 0.1) is 6.92 Å². The van der Waals surface area contributed by atoms with Crippen LogP contribution in [0.3, 0.4) is 0 Å². The Morgan fingerprint density at radius 1 is 1.07 bits per heavy atom. The summed E-state index contributed by atoms with van der Waals surface area (Å²) in [5.74, 6) is 2.13. The molecular weight excluding hydrogens is 194 g/mol. The van der Waals surface area contributed by atoms with Gasteiger partial charge in [-0.15, -0.1) is 0 Å². The average molecular weight is 211 g/mol. The van der Waals surface area contributed by atoms with Crippen LogP contribution >= 0.6 is 0 Å². The van der Waals surface area contributed by atoms with Crippen LogP contribution in [0.5, 0.6) is 17.2 Å². The van der Waals surface area contributed by atoms with Gasteiger partial charge in [0.1, 0.15) is 12.4 Å². The summed E-state index contributed by atoms with van der Waals surface area (Å²) in [6.07, 6.45) is 0. The second-order valence-electron chi connectivity index (χ2n) is 3.11. The Morgan fingerprint density at radius 2 is 1.73 bits per heavy atom. The summed E-state index contributed by atoms with van der Waals surface area (Å²) in [4.78, 5) is 0. The van der Waals surface area contributed by atoms with Crippen LogP contribution in [0.25, 0.3) is 0 Å². The molecule has 0 saturated heterocycles. The monoisotopic (exact) mass is 211 g/mol. The minimum absolute atomic E-state index is 0.461. The molecule has 0 spiro atoms. The maximum absolute atomic E-state index is 5.44. The van der Waals surface area contributed by atoms with Gasteiger partial charge in [-0.1, -0.05) is 0 Å². The van der Waals surface area contributed by atoms with Gasteiger partial charge in [0.05, 0.1) is 14.2 Å². The summed E-state index contributed by atoms with van der Waals surface area (Å²) in [5, 5.41) is 0. The third-order valence-corrected chi connectivity index (χ3v) is 2.06. The Labute approximate surface area is 89.9 Å². The second-order valence-corrected chi connectivity index (χ2v) is 3.11. The van der Waals surface area contributed by atoms with Gasteiger partial charge in [-0.3, -0.25) is 0 Å². The van der Waals surface area contributed by atoms with Gasteiger partial charge in [-0.2, -0.15) is 0 Å². The molecule has 1 aromatic rings. The molecule has 0 saturated carbocycles. The zero-order valence-electron chi connectivity index (χ0n) is 9.37. The molecule has 2 N–H and O–H groups in total. The highest BCUT2D eigenvalue weighted by Gasteiger charge is 2.09. The van der Waals surface area contributed by atoms with Gasteiger partial charge < -0.3 is 19.9 Å². The normalized spacial score (nSPS) is 9.87. The number of benzene rings is 1. The first-order chi connectivity index (χ1) is 7.22. The lowest BCUT2D eigenvalue weighted by Crippen LogP contribution is -2.11. The molecule has 1 rings (SSSR count). The molecule has 15 heavy (non-hydrogen) atoms. The van der Waals surface area contributed by atoms with E-state index in [9.17, 15) is 0 Å². The number of aryl methyl sites for hydroxylation is 1. The van der Waals surface area contributed by atoms with E-state index >= 15 is 0 Å². The van der Waals surface area contributed by atoms with E-state index in [0.29, 0.717) is 24.7 Å². The van der Waals surface area contributed by atoms with Crippen molar-refractivity contribution >= 4 is 0 Å². The first-order valence-electron chi connectivity index (χ1n) is 4.78. The molecule has 0 heterocycles. The maximum Gasteiger partial charge on any atom is 0.164 e. The smallest absolute Gasteiger partial charge is 0.164 e. The molecule has 0 amide bonds. The Morgan fingerprint density at radius 3 is 2.27 bits per heavy atom. The van der Waals surface area contributed by atoms with Crippen molar-refractivity contribution in [3.8, 4) is 17.2 Å². The highest BCUT2D eigenvalue weighted by Crippen LogP contribution is 2.34. The van der Waals surface area contributed by atoms with E-state index in [-0.39, 0.29) is 0 Å². The number of methoxy groups -OCH3 is 2. The minimum atomic E-state index is 0.461. The molecule has 0 unspecified atom stereocenters. The van der Waals surface area contributed by atoms with Crippen molar-refractivity contribution in [2.75, 3.05) is 27.4 Å². The third-order valence-electron chi connectivity index (χ3n) is 2.06. The molecule has 4 heteroatoms. The summed E-state index contributed by atoms with van der Waals surface area (Å²) < 4.78 is 15.8. The summed E-state index contributed by atoms with van der Waals surface area (Å²) in [5.41, 5.74) is 6.38. The van der Waals surface area contributed by atoms with Gasteiger partial charge in [0.25, 0.3) is 0 Å². The van der Waals surface area contributed by atoms with Crippen LogP contribution in [-0.4, -0.2) is 27.4 Å². The standard InChI is InChI=1S/C11H17NO3/c1-8-6-10(14-3)11(15-5-4-12)7-9(8)13-2/h6-7H,4-5,12H2,1-3H3. The van der Waals surface area contributed by atoms with E-state index in [1.165, 1.54) is 0 Å². The molecule has 84 valence electrons. The molecule has 0 aromatic heterocycles. The summed E-state index contributed by atoms with van der Waals surface area (Å²) >= 11 is 0. The van der Waals surface area contributed by atoms with E-state index in [1.54, 1.807) is 14.2 Å². The van der Waals surface area contributed by atoms with Gasteiger partial charge in [0.15, 0.2) is 11.5 Å². The molecule has 0 atom stereocenters. The summed E-state index contributed by atoms with van der Waals surface area (Å²) in [6.45, 7) is 2.88. The molecule has 0 aliphatic rings. The van der Waals surface area contributed by atoms with E-state index in [4.69, 9.17) is 19.9 Å². The van der Waals surface area contributed by atoms with Gasteiger partial charge in [0, 0.05) is 12.6 Å². The van der Waals surface area contributed by atoms with Gasteiger partial charge >= 0.3 is 0 Å². The fourth-order valence-corrected chi connectivity index (χ4v) is 1.30. The lowest BCUT2D eigenvalue weighted by atomic mass is 10.2. The highest BCUT2D eigenvalue weighted by atomic mass is 16.5. The number of hydrogen-bond acceptors (Lipinski definition) is 4. The highest BCUT2D eigenvalue weighted by molar-refractivity contribution is 5.50. The van der Waals surface area contributed by atoms with Crippen molar-refractivity contribution < 1.29 is 14.2 Å². The van der Waals surface area contributed by atoms with Crippen LogP contribution in [0.2, 0.25) is 0 Å². The Balaban J connectivity index is 2.99. The van der Waals surface area contributed by atoms with Crippen molar-refractivity contribution in [1.82, 2.24) is 0 Å². The molecular formula is C11H17NO3. The van der Waals surface area contributed by atoms with Crippen LogP contribution in [0.15, 0.2) is 12.1 Å². The Bertz CT molecular complexity index is 326. The molecule has 0 fully saturated rings. The van der Waals surface area contributed by atoms with Crippen LogP contribution < -0.4 is 19.9 Å². The van der Waals surface area contributed by atoms with Crippen molar-refractivity contribution in [3.05, 3.63) is 17.7 Å². The van der Waals surface area contributed by atoms with E-state index in [2.05, 4.69) is 0 Å². The zero-order chi connectivity index (χ0) is 11.3. The van der Waals surface area contributed by atoms with Crippen LogP contribution in [0.4, 0.5) is 0 Å². The second kappa shape index (κ2) is 5.46. The van der Waals surface area contributed by atoms with Crippen molar-refractivity contribution in [2.45, 2.75) is 6.92 Å². The Kier molecular flexibility index (Phi) is 4.24. The fraction of sp³-hybridized carbons (Fsp3) is 0.455. The summed E-state index contributed by atoms with van der Waals surface area (Å²) in [7, 11) is 3.23. The molecule has 0 aliphatic carbocycles. The molecule has 4 nitrogen and oxygen atoms in total. The summed E-state index contributed by atoms with van der Waals surface area (Å²) in [6, 6.07) is 3.69. The predicted molar refractivity (Wildman–Crippen MR) is 58.8 cm³/mol. The van der Waals surface area contributed by atoms with E-state index in [1.807, 2.05) is 19.1 Å². The molecule has 0 radical (unpaired) electrons. The SMILES string of the molecule is COc1cc(OCCN)c(OC)cc1C. The van der Waals surface area contributed by atoms with Gasteiger partial charge in [-0.25, -0.2) is 0 Å². The zero-order valence-corrected chi connectivity index (χ0v) is 9.37. The van der Waals surface area contributed by atoms with Gasteiger partial charge in [-0.05, 0) is 18.6 Å². The maximum atomic E-state index is 5.44. The molecule has 0 aliphatic heterocycles. The van der Waals surface area contributed by atoms with Crippen molar-refractivity contribution in [3.63, 3.8) is 0 Å². The first kappa shape index (κ1) is 11.7.